The third-order valence-electron chi connectivity index (χ3n) is 3.18. The molecular weight excluding hydrogens is 256 g/mol. The molecule has 2 aromatic carbocycles. The van der Waals surface area contributed by atoms with E-state index in [-0.39, 0.29) is 0 Å². The lowest BCUT2D eigenvalue weighted by Gasteiger charge is -2.06. The molecule has 1 heterocycles. The minimum Gasteiger partial charge on any atom is -0.343 e. The Hall–Kier alpha value is -2.24. The van der Waals surface area contributed by atoms with Crippen LogP contribution in [0.5, 0.6) is 0 Å². The molecule has 3 rings (SSSR count). The molecule has 3 heteroatoms. The Labute approximate surface area is 116 Å². The van der Waals surface area contributed by atoms with E-state index in [1.807, 2.05) is 54.7 Å². The van der Waals surface area contributed by atoms with Gasteiger partial charge < -0.3 is 4.57 Å². The van der Waals surface area contributed by atoms with E-state index < -0.39 is 0 Å². The summed E-state index contributed by atoms with van der Waals surface area (Å²) in [5.74, 6) is 0. The highest BCUT2D eigenvalue weighted by molar-refractivity contribution is 6.30. The van der Waals surface area contributed by atoms with Crippen molar-refractivity contribution in [2.24, 2.45) is 0 Å². The Morgan fingerprint density at radius 3 is 2.74 bits per heavy atom. The van der Waals surface area contributed by atoms with Gasteiger partial charge in [0.25, 0.3) is 0 Å². The van der Waals surface area contributed by atoms with Crippen LogP contribution in [-0.4, -0.2) is 4.57 Å². The molecule has 3 aromatic rings. The van der Waals surface area contributed by atoms with Gasteiger partial charge in [0.15, 0.2) is 0 Å². The normalized spacial score (nSPS) is 10.5. The van der Waals surface area contributed by atoms with Gasteiger partial charge in [0.2, 0.25) is 0 Å². The molecule has 19 heavy (non-hydrogen) atoms. The third kappa shape index (κ3) is 2.21. The predicted octanol–water partition coefficient (Wildman–Crippen LogP) is 4.21. The van der Waals surface area contributed by atoms with Gasteiger partial charge in [-0.05, 0) is 35.9 Å². The van der Waals surface area contributed by atoms with Gasteiger partial charge in [0.05, 0.1) is 11.6 Å². The highest BCUT2D eigenvalue weighted by Gasteiger charge is 2.05. The fourth-order valence-corrected chi connectivity index (χ4v) is 2.50. The fraction of sp³-hybridized carbons (Fsp3) is 0.0625. The van der Waals surface area contributed by atoms with Gasteiger partial charge in [-0.25, -0.2) is 0 Å². The first-order chi connectivity index (χ1) is 9.28. The van der Waals surface area contributed by atoms with E-state index in [9.17, 15) is 0 Å². The maximum absolute atomic E-state index is 9.09. The molecule has 0 aliphatic rings. The summed E-state index contributed by atoms with van der Waals surface area (Å²) >= 11 is 6.00. The van der Waals surface area contributed by atoms with Gasteiger partial charge in [-0.15, -0.1) is 0 Å². The zero-order chi connectivity index (χ0) is 13.2. The summed E-state index contributed by atoms with van der Waals surface area (Å²) < 4.78 is 2.13. The second kappa shape index (κ2) is 4.79. The Morgan fingerprint density at radius 2 is 1.95 bits per heavy atom. The van der Waals surface area contributed by atoms with Gasteiger partial charge in [-0.2, -0.15) is 5.26 Å². The molecule has 0 aliphatic heterocycles. The smallest absolute Gasteiger partial charge is 0.0998 e. The molecule has 0 spiro atoms. The molecule has 0 fully saturated rings. The molecule has 92 valence electrons. The number of nitriles is 1. The molecule has 1 aromatic heterocycles. The van der Waals surface area contributed by atoms with Crippen LogP contribution in [0, 0.1) is 11.3 Å². The van der Waals surface area contributed by atoms with Crippen LogP contribution in [-0.2, 0) is 6.54 Å². The van der Waals surface area contributed by atoms with Crippen LogP contribution in [0.2, 0.25) is 5.02 Å². The lowest BCUT2D eigenvalue weighted by molar-refractivity contribution is 0.837. The number of hydrogen-bond acceptors (Lipinski definition) is 1. The molecule has 0 N–H and O–H groups in total. The fourth-order valence-electron chi connectivity index (χ4n) is 2.29. The minimum absolute atomic E-state index is 0.711. The summed E-state index contributed by atoms with van der Waals surface area (Å²) in [6, 6.07) is 17.8. The molecule has 0 bridgehead atoms. The van der Waals surface area contributed by atoms with Crippen LogP contribution in [0.4, 0.5) is 0 Å². The van der Waals surface area contributed by atoms with E-state index in [2.05, 4.69) is 10.6 Å². The van der Waals surface area contributed by atoms with Crippen LogP contribution < -0.4 is 0 Å². The second-order valence-electron chi connectivity index (χ2n) is 4.42. The Bertz CT molecular complexity index is 781. The number of aromatic nitrogens is 1. The van der Waals surface area contributed by atoms with Crippen molar-refractivity contribution >= 4 is 22.5 Å². The standard InChI is InChI=1S/C16H11ClN2/c17-14-5-1-3-12(9-14)11-19-8-7-15-13(10-18)4-2-6-16(15)19/h1-9H,11H2. The molecule has 0 amide bonds. The first kappa shape index (κ1) is 11.8. The second-order valence-corrected chi connectivity index (χ2v) is 4.86. The van der Waals surface area contributed by atoms with E-state index in [4.69, 9.17) is 16.9 Å². The summed E-state index contributed by atoms with van der Waals surface area (Å²) in [7, 11) is 0. The Kier molecular flexibility index (Phi) is 2.98. The van der Waals surface area contributed by atoms with E-state index in [1.165, 1.54) is 0 Å². The van der Waals surface area contributed by atoms with Gasteiger partial charge >= 0.3 is 0 Å². The van der Waals surface area contributed by atoms with E-state index in [0.717, 1.165) is 28.0 Å². The zero-order valence-corrected chi connectivity index (χ0v) is 10.9. The highest BCUT2D eigenvalue weighted by Crippen LogP contribution is 2.21. The van der Waals surface area contributed by atoms with Crippen LogP contribution in [0.3, 0.4) is 0 Å². The van der Waals surface area contributed by atoms with Crippen LogP contribution >= 0.6 is 11.6 Å². The molecule has 2 nitrogen and oxygen atoms in total. The van der Waals surface area contributed by atoms with E-state index in [0.29, 0.717) is 5.56 Å². The van der Waals surface area contributed by atoms with Crippen molar-refractivity contribution in [3.8, 4) is 6.07 Å². The lowest BCUT2D eigenvalue weighted by Crippen LogP contribution is -1.97. The van der Waals surface area contributed by atoms with Gasteiger partial charge in [-0.1, -0.05) is 29.8 Å². The summed E-state index contributed by atoms with van der Waals surface area (Å²) in [4.78, 5) is 0. The van der Waals surface area contributed by atoms with Crippen molar-refractivity contribution in [1.82, 2.24) is 4.57 Å². The first-order valence-electron chi connectivity index (χ1n) is 6.00. The number of hydrogen-bond donors (Lipinski definition) is 0. The van der Waals surface area contributed by atoms with Crippen molar-refractivity contribution in [3.63, 3.8) is 0 Å². The Balaban J connectivity index is 2.05. The predicted molar refractivity (Wildman–Crippen MR) is 77.2 cm³/mol. The molecule has 0 atom stereocenters. The topological polar surface area (TPSA) is 28.7 Å². The quantitative estimate of drug-likeness (QED) is 0.683. The van der Waals surface area contributed by atoms with E-state index >= 15 is 0 Å². The maximum Gasteiger partial charge on any atom is 0.0998 e. The Morgan fingerprint density at radius 1 is 1.11 bits per heavy atom. The maximum atomic E-state index is 9.09. The van der Waals surface area contributed by atoms with Crippen LogP contribution in [0.1, 0.15) is 11.1 Å². The largest absolute Gasteiger partial charge is 0.343 e. The number of benzene rings is 2. The van der Waals surface area contributed by atoms with Crippen molar-refractivity contribution in [1.29, 1.82) is 5.26 Å². The number of fused-ring (bicyclic) bond motifs is 1. The summed E-state index contributed by atoms with van der Waals surface area (Å²) in [5.41, 5.74) is 2.92. The third-order valence-corrected chi connectivity index (χ3v) is 3.41. The van der Waals surface area contributed by atoms with Gasteiger partial charge in [0.1, 0.15) is 0 Å². The number of rotatable bonds is 2. The molecule has 0 unspecified atom stereocenters. The van der Waals surface area contributed by atoms with Crippen molar-refractivity contribution in [3.05, 3.63) is 70.9 Å². The summed E-state index contributed by atoms with van der Waals surface area (Å²) in [5, 5.41) is 10.8. The van der Waals surface area contributed by atoms with Crippen molar-refractivity contribution in [2.75, 3.05) is 0 Å². The van der Waals surface area contributed by atoms with E-state index in [1.54, 1.807) is 0 Å². The lowest BCUT2D eigenvalue weighted by atomic mass is 10.1. The molecule has 0 saturated carbocycles. The summed E-state index contributed by atoms with van der Waals surface area (Å²) in [6.45, 7) is 0.749. The van der Waals surface area contributed by atoms with Crippen molar-refractivity contribution in [2.45, 2.75) is 6.54 Å². The van der Waals surface area contributed by atoms with Gasteiger partial charge in [0, 0.05) is 28.7 Å². The highest BCUT2D eigenvalue weighted by atomic mass is 35.5. The minimum atomic E-state index is 0.711. The molecule has 0 radical (unpaired) electrons. The van der Waals surface area contributed by atoms with Crippen LogP contribution in [0.25, 0.3) is 10.9 Å². The van der Waals surface area contributed by atoms with Crippen LogP contribution in [0.15, 0.2) is 54.7 Å². The van der Waals surface area contributed by atoms with Crippen molar-refractivity contribution < 1.29 is 0 Å². The first-order valence-corrected chi connectivity index (χ1v) is 6.38. The average Bonchev–Trinajstić information content (AvgIpc) is 2.82. The molecule has 0 saturated heterocycles. The molecular formula is C16H11ClN2. The number of halogens is 1. The monoisotopic (exact) mass is 266 g/mol. The van der Waals surface area contributed by atoms with Gasteiger partial charge in [-0.3, -0.25) is 0 Å². The summed E-state index contributed by atoms with van der Waals surface area (Å²) in [6.07, 6.45) is 2.01. The average molecular weight is 267 g/mol. The molecule has 0 aliphatic carbocycles. The number of nitrogens with zero attached hydrogens (tertiary/aromatic N) is 2. The zero-order valence-electron chi connectivity index (χ0n) is 10.2. The SMILES string of the molecule is N#Cc1cccc2c1ccn2Cc1cccc(Cl)c1.